The molecule has 1 aliphatic rings. The van der Waals surface area contributed by atoms with Gasteiger partial charge in [-0.3, -0.25) is 0 Å². The van der Waals surface area contributed by atoms with Gasteiger partial charge >= 0.3 is 29.6 Å². The van der Waals surface area contributed by atoms with E-state index in [-0.39, 0.29) is 29.6 Å². The Morgan fingerprint density at radius 2 is 1.83 bits per heavy atom. The van der Waals surface area contributed by atoms with Crippen LogP contribution in [0, 0.1) is 5.41 Å². The van der Waals surface area contributed by atoms with E-state index in [0.29, 0.717) is 12.8 Å². The van der Waals surface area contributed by atoms with Gasteiger partial charge < -0.3 is 9.66 Å². The van der Waals surface area contributed by atoms with Gasteiger partial charge in [-0.25, -0.2) is 8.42 Å². The fourth-order valence-corrected chi connectivity index (χ4v) is 1.76. The Morgan fingerprint density at radius 3 is 1.92 bits per heavy atom. The summed E-state index contributed by atoms with van der Waals surface area (Å²) in [6.45, 7) is 2.67. The molecule has 1 unspecified atom stereocenters. The fourth-order valence-electron chi connectivity index (χ4n) is 0.953. The molecule has 0 spiro atoms. The average molecular weight is 202 g/mol. The molecule has 0 radical (unpaired) electrons. The van der Waals surface area contributed by atoms with Crippen LogP contribution in [0.4, 0.5) is 0 Å². The van der Waals surface area contributed by atoms with Gasteiger partial charge in [0.2, 0.25) is 0 Å². The monoisotopic (exact) mass is 202 g/mol. The van der Waals surface area contributed by atoms with E-state index in [2.05, 4.69) is 0 Å². The van der Waals surface area contributed by atoms with Crippen molar-refractivity contribution in [3.05, 3.63) is 0 Å². The minimum atomic E-state index is -4.59. The van der Waals surface area contributed by atoms with Crippen LogP contribution in [-0.4, -0.2) is 23.0 Å². The Bertz CT molecular complexity index is 265. The van der Waals surface area contributed by atoms with Crippen molar-refractivity contribution in [1.82, 2.24) is 0 Å². The van der Waals surface area contributed by atoms with Gasteiger partial charge in [-0.1, -0.05) is 6.92 Å². The smallest absolute Gasteiger partial charge is 0.746 e. The van der Waals surface area contributed by atoms with Gasteiger partial charge in [-0.15, -0.1) is 0 Å². The maximum absolute atomic E-state index is 10.5. The predicted molar refractivity (Wildman–Crippen MR) is 37.7 cm³/mol. The Morgan fingerprint density at radius 1 is 1.50 bits per heavy atom. The summed E-state index contributed by atoms with van der Waals surface area (Å²) in [4.78, 5) is -2.10. The minimum absolute atomic E-state index is 0. The second kappa shape index (κ2) is 3.22. The fraction of sp³-hybridized carbons (Fsp3) is 1.00. The van der Waals surface area contributed by atoms with E-state index < -0.39 is 20.5 Å². The second-order valence-electron chi connectivity index (χ2n) is 3.50. The molecule has 0 aromatic carbocycles. The third-order valence-electron chi connectivity index (χ3n) is 2.61. The van der Waals surface area contributed by atoms with Crippen LogP contribution in [0.2, 0.25) is 0 Å². The van der Waals surface area contributed by atoms with Crippen LogP contribution < -0.4 is 29.6 Å². The zero-order valence-corrected chi connectivity index (χ0v) is 10.3. The summed E-state index contributed by atoms with van der Waals surface area (Å²) in [5.74, 6) is 0. The SMILES string of the molecule is CC1(C(C)(O)S(=O)(=O)[O-])CC1.[Na+]. The van der Waals surface area contributed by atoms with Crippen molar-refractivity contribution in [2.45, 2.75) is 31.6 Å². The van der Waals surface area contributed by atoms with Crippen molar-refractivity contribution in [2.75, 3.05) is 0 Å². The Kier molecular flexibility index (Phi) is 3.45. The summed E-state index contributed by atoms with van der Waals surface area (Å²) in [6.07, 6.45) is 1.20. The normalized spacial score (nSPS) is 25.3. The van der Waals surface area contributed by atoms with Gasteiger partial charge in [0.15, 0.2) is 4.93 Å². The van der Waals surface area contributed by atoms with Crippen molar-refractivity contribution in [3.8, 4) is 0 Å². The van der Waals surface area contributed by atoms with E-state index in [1.54, 1.807) is 6.92 Å². The third-order valence-corrected chi connectivity index (χ3v) is 4.07. The van der Waals surface area contributed by atoms with Crippen LogP contribution in [0.5, 0.6) is 0 Å². The van der Waals surface area contributed by atoms with Crippen LogP contribution in [0.3, 0.4) is 0 Å². The Balaban J connectivity index is 0.00000121. The number of aliphatic hydroxyl groups is 1. The molecule has 4 nitrogen and oxygen atoms in total. The maximum atomic E-state index is 10.5. The second-order valence-corrected chi connectivity index (χ2v) is 5.20. The molecular weight excluding hydrogens is 191 g/mol. The molecule has 0 heterocycles. The minimum Gasteiger partial charge on any atom is -0.746 e. The molecule has 0 saturated heterocycles. The standard InChI is InChI=1S/C6H12O4S.Na/c1-5(3-4-5)6(2,7)11(8,9)10;/h7H,3-4H2,1-2H3,(H,8,9,10);/q;+1/p-1. The molecule has 1 aliphatic carbocycles. The number of rotatable bonds is 2. The summed E-state index contributed by atoms with van der Waals surface area (Å²) < 4.78 is 31.6. The summed E-state index contributed by atoms with van der Waals surface area (Å²) >= 11 is 0. The molecule has 66 valence electrons. The van der Waals surface area contributed by atoms with E-state index in [4.69, 9.17) is 0 Å². The predicted octanol–water partition coefficient (Wildman–Crippen LogP) is -2.96. The molecule has 6 heteroatoms. The summed E-state index contributed by atoms with van der Waals surface area (Å²) in [6, 6.07) is 0. The third kappa shape index (κ3) is 1.86. The van der Waals surface area contributed by atoms with Gasteiger partial charge in [-0.05, 0) is 19.8 Å². The zero-order chi connectivity index (χ0) is 8.91. The Hall–Kier alpha value is 0.870. The average Bonchev–Trinajstić information content (AvgIpc) is 2.45. The topological polar surface area (TPSA) is 77.4 Å². The summed E-state index contributed by atoms with van der Waals surface area (Å²) in [5.41, 5.74) is -0.715. The molecule has 0 aromatic rings. The van der Waals surface area contributed by atoms with Crippen LogP contribution in [-0.2, 0) is 10.1 Å². The van der Waals surface area contributed by atoms with Crippen LogP contribution in [0.25, 0.3) is 0 Å². The van der Waals surface area contributed by atoms with Gasteiger partial charge in [0.1, 0.15) is 10.1 Å². The molecule has 0 aromatic heterocycles. The van der Waals surface area contributed by atoms with Crippen molar-refractivity contribution in [3.63, 3.8) is 0 Å². The molecule has 1 N–H and O–H groups in total. The molecule has 1 fully saturated rings. The van der Waals surface area contributed by atoms with E-state index in [0.717, 1.165) is 6.92 Å². The summed E-state index contributed by atoms with van der Waals surface area (Å²) in [5, 5.41) is 9.35. The molecule has 12 heavy (non-hydrogen) atoms. The van der Waals surface area contributed by atoms with E-state index in [1.165, 1.54) is 0 Å². The maximum Gasteiger partial charge on any atom is 1.00 e. The van der Waals surface area contributed by atoms with E-state index in [9.17, 15) is 18.1 Å². The molecule has 1 saturated carbocycles. The van der Waals surface area contributed by atoms with Gasteiger partial charge in [0.25, 0.3) is 0 Å². The van der Waals surface area contributed by atoms with Gasteiger partial charge in [-0.2, -0.15) is 0 Å². The van der Waals surface area contributed by atoms with Crippen molar-refractivity contribution >= 4 is 10.1 Å². The molecule has 0 bridgehead atoms. The number of hydrogen-bond acceptors (Lipinski definition) is 4. The first-order valence-corrected chi connectivity index (χ1v) is 4.79. The van der Waals surface area contributed by atoms with Gasteiger partial charge in [0.05, 0.1) is 0 Å². The quantitative estimate of drug-likeness (QED) is 0.383. The molecule has 0 amide bonds. The van der Waals surface area contributed by atoms with Crippen molar-refractivity contribution in [1.29, 1.82) is 0 Å². The molecular formula is C6H11NaO4S. The van der Waals surface area contributed by atoms with E-state index >= 15 is 0 Å². The zero-order valence-electron chi connectivity index (χ0n) is 7.49. The van der Waals surface area contributed by atoms with Gasteiger partial charge in [0, 0.05) is 5.41 Å². The summed E-state index contributed by atoms with van der Waals surface area (Å²) in [7, 11) is -4.59. The van der Waals surface area contributed by atoms with Crippen molar-refractivity contribution < 1.29 is 47.6 Å². The first-order chi connectivity index (χ1) is 4.71. The van der Waals surface area contributed by atoms with Crippen LogP contribution >= 0.6 is 0 Å². The first kappa shape index (κ1) is 12.9. The number of hydrogen-bond donors (Lipinski definition) is 1. The van der Waals surface area contributed by atoms with E-state index in [1.807, 2.05) is 0 Å². The van der Waals surface area contributed by atoms with Crippen LogP contribution in [0.1, 0.15) is 26.7 Å². The first-order valence-electron chi connectivity index (χ1n) is 3.38. The Labute approximate surface area is 94.4 Å². The molecule has 1 rings (SSSR count). The molecule has 0 aliphatic heterocycles. The largest absolute Gasteiger partial charge is 1.00 e. The molecule has 1 atom stereocenters. The van der Waals surface area contributed by atoms with Crippen LogP contribution in [0.15, 0.2) is 0 Å². The van der Waals surface area contributed by atoms with Crippen molar-refractivity contribution in [2.24, 2.45) is 5.41 Å².